The van der Waals surface area contributed by atoms with Crippen molar-refractivity contribution >= 4 is 27.7 Å². The Morgan fingerprint density at radius 3 is 3.12 bits per heavy atom. The summed E-state index contributed by atoms with van der Waals surface area (Å²) in [5, 5.41) is 0.848. The van der Waals surface area contributed by atoms with Crippen LogP contribution in [0.1, 0.15) is 13.3 Å². The molecule has 1 aromatic heterocycles. The van der Waals surface area contributed by atoms with E-state index >= 15 is 0 Å². The molecule has 1 unspecified atom stereocenters. The predicted octanol–water partition coefficient (Wildman–Crippen LogP) is 2.23. The first kappa shape index (κ1) is 12.4. The predicted molar refractivity (Wildman–Crippen MR) is 69.7 cm³/mol. The summed E-state index contributed by atoms with van der Waals surface area (Å²) in [6.07, 6.45) is 2.26. The number of hydrogen-bond acceptors (Lipinski definition) is 3. The summed E-state index contributed by atoms with van der Waals surface area (Å²) in [6.45, 7) is 3.27. The number of carbonyl (C=O) groups is 1. The highest BCUT2D eigenvalue weighted by Crippen LogP contribution is 2.26. The van der Waals surface area contributed by atoms with Gasteiger partial charge in [0.15, 0.2) is 0 Å². The van der Waals surface area contributed by atoms with E-state index in [0.717, 1.165) is 17.6 Å². The van der Waals surface area contributed by atoms with E-state index in [1.807, 2.05) is 13.0 Å². The molecule has 1 aliphatic heterocycles. The average Bonchev–Trinajstić information content (AvgIpc) is 2.71. The minimum atomic E-state index is 0.135. The van der Waals surface area contributed by atoms with Crippen molar-refractivity contribution in [1.82, 2.24) is 4.98 Å². The zero-order chi connectivity index (χ0) is 12.3. The van der Waals surface area contributed by atoms with Crippen LogP contribution >= 0.6 is 15.9 Å². The van der Waals surface area contributed by atoms with E-state index in [-0.39, 0.29) is 5.91 Å². The molecule has 17 heavy (non-hydrogen) atoms. The number of pyridine rings is 1. The van der Waals surface area contributed by atoms with Gasteiger partial charge in [0, 0.05) is 30.6 Å². The van der Waals surface area contributed by atoms with Gasteiger partial charge in [-0.25, -0.2) is 4.98 Å². The first-order chi connectivity index (χ1) is 8.24. The highest BCUT2D eigenvalue weighted by molar-refractivity contribution is 9.09. The third-order valence-corrected chi connectivity index (χ3v) is 3.64. The van der Waals surface area contributed by atoms with Crippen molar-refractivity contribution in [1.29, 1.82) is 0 Å². The Morgan fingerprint density at radius 1 is 1.65 bits per heavy atom. The maximum Gasteiger partial charge on any atom is 0.228 e. The van der Waals surface area contributed by atoms with Crippen LogP contribution in [0.4, 0.5) is 5.82 Å². The number of nitrogens with zero attached hydrogens (tertiary/aromatic N) is 2. The molecule has 4 nitrogen and oxygen atoms in total. The molecule has 0 bridgehead atoms. The van der Waals surface area contributed by atoms with Gasteiger partial charge in [0.2, 0.25) is 5.91 Å². The Morgan fingerprint density at radius 2 is 2.47 bits per heavy atom. The van der Waals surface area contributed by atoms with Crippen molar-refractivity contribution in [2.75, 3.05) is 23.4 Å². The fourth-order valence-electron chi connectivity index (χ4n) is 1.91. The van der Waals surface area contributed by atoms with Crippen molar-refractivity contribution in [3.63, 3.8) is 0 Å². The first-order valence-corrected chi connectivity index (χ1v) is 6.82. The summed E-state index contributed by atoms with van der Waals surface area (Å²) in [7, 11) is 0. The van der Waals surface area contributed by atoms with E-state index in [1.165, 1.54) is 0 Å². The Hall–Kier alpha value is -1.10. The van der Waals surface area contributed by atoms with Crippen molar-refractivity contribution < 1.29 is 9.53 Å². The van der Waals surface area contributed by atoms with Gasteiger partial charge >= 0.3 is 0 Å². The van der Waals surface area contributed by atoms with Gasteiger partial charge in [-0.2, -0.15) is 0 Å². The van der Waals surface area contributed by atoms with E-state index in [9.17, 15) is 4.79 Å². The van der Waals surface area contributed by atoms with Gasteiger partial charge in [0.25, 0.3) is 0 Å². The fourth-order valence-corrected chi connectivity index (χ4v) is 2.34. The number of alkyl halides is 1. The molecule has 1 aliphatic rings. The van der Waals surface area contributed by atoms with Crippen LogP contribution < -0.4 is 9.64 Å². The van der Waals surface area contributed by atoms with Gasteiger partial charge in [-0.3, -0.25) is 9.69 Å². The number of ether oxygens (including phenoxy) is 1. The molecule has 0 N–H and O–H groups in total. The Bertz CT molecular complexity index is 411. The highest BCUT2D eigenvalue weighted by atomic mass is 79.9. The number of carbonyl (C=O) groups excluding carboxylic acids is 1. The van der Waals surface area contributed by atoms with Crippen molar-refractivity contribution in [2.45, 2.75) is 13.3 Å². The fraction of sp³-hybridized carbons (Fsp3) is 0.500. The van der Waals surface area contributed by atoms with E-state index in [4.69, 9.17) is 4.74 Å². The second-order valence-electron chi connectivity index (χ2n) is 4.01. The summed E-state index contributed by atoms with van der Waals surface area (Å²) < 4.78 is 5.41. The van der Waals surface area contributed by atoms with Gasteiger partial charge in [-0.1, -0.05) is 15.9 Å². The molecule has 1 fully saturated rings. The number of rotatable bonds is 4. The van der Waals surface area contributed by atoms with Crippen LogP contribution in [0.5, 0.6) is 5.75 Å². The van der Waals surface area contributed by atoms with Crippen LogP contribution in [0.25, 0.3) is 0 Å². The highest BCUT2D eigenvalue weighted by Gasteiger charge is 2.30. The molecular weight excluding hydrogens is 284 g/mol. The van der Waals surface area contributed by atoms with Crippen molar-refractivity contribution in [3.8, 4) is 5.75 Å². The van der Waals surface area contributed by atoms with Crippen molar-refractivity contribution in [2.24, 2.45) is 5.92 Å². The molecule has 2 rings (SSSR count). The molecule has 1 amide bonds. The minimum Gasteiger partial charge on any atom is -0.494 e. The summed E-state index contributed by atoms with van der Waals surface area (Å²) in [6, 6.07) is 3.62. The number of aromatic nitrogens is 1. The van der Waals surface area contributed by atoms with Gasteiger partial charge in [0.1, 0.15) is 11.6 Å². The molecule has 0 radical (unpaired) electrons. The summed E-state index contributed by atoms with van der Waals surface area (Å²) >= 11 is 3.42. The lowest BCUT2D eigenvalue weighted by atomic mass is 10.2. The van der Waals surface area contributed by atoms with E-state index in [1.54, 1.807) is 17.2 Å². The molecule has 0 saturated carbocycles. The maximum absolute atomic E-state index is 11.8. The molecule has 2 heterocycles. The summed E-state index contributed by atoms with van der Waals surface area (Å²) in [5.41, 5.74) is 0. The van der Waals surface area contributed by atoms with Gasteiger partial charge in [0.05, 0.1) is 6.61 Å². The zero-order valence-electron chi connectivity index (χ0n) is 9.73. The normalized spacial score (nSPS) is 19.8. The molecule has 0 aliphatic carbocycles. The average molecular weight is 299 g/mol. The second kappa shape index (κ2) is 5.49. The monoisotopic (exact) mass is 298 g/mol. The molecule has 0 aromatic carbocycles. The Balaban J connectivity index is 2.16. The quantitative estimate of drug-likeness (QED) is 0.801. The Labute approximate surface area is 109 Å². The first-order valence-electron chi connectivity index (χ1n) is 5.69. The standard InChI is InChI=1S/C12H15BrN2O2/c1-2-17-10-3-4-14-11(6-10)15-8-9(7-13)5-12(15)16/h3-4,6,9H,2,5,7-8H2,1H3. The molecule has 1 aromatic rings. The number of amides is 1. The third-order valence-electron chi connectivity index (χ3n) is 2.73. The largest absolute Gasteiger partial charge is 0.494 e. The third kappa shape index (κ3) is 2.77. The molecule has 0 spiro atoms. The van der Waals surface area contributed by atoms with Crippen LogP contribution in [0.15, 0.2) is 18.3 Å². The number of halogens is 1. The molecular formula is C12H15BrN2O2. The second-order valence-corrected chi connectivity index (χ2v) is 4.66. The van der Waals surface area contributed by atoms with E-state index in [2.05, 4.69) is 20.9 Å². The van der Waals surface area contributed by atoms with Crippen molar-refractivity contribution in [3.05, 3.63) is 18.3 Å². The van der Waals surface area contributed by atoms with E-state index in [0.29, 0.717) is 24.8 Å². The summed E-state index contributed by atoms with van der Waals surface area (Å²) in [5.74, 6) is 1.95. The van der Waals surface area contributed by atoms with Crippen LogP contribution in [0.2, 0.25) is 0 Å². The zero-order valence-corrected chi connectivity index (χ0v) is 11.3. The minimum absolute atomic E-state index is 0.135. The van der Waals surface area contributed by atoms with Gasteiger partial charge in [-0.05, 0) is 18.9 Å². The Kier molecular flexibility index (Phi) is 3.99. The lowest BCUT2D eigenvalue weighted by molar-refractivity contribution is -0.117. The van der Waals surface area contributed by atoms with Gasteiger partial charge in [-0.15, -0.1) is 0 Å². The van der Waals surface area contributed by atoms with Crippen LogP contribution in [0.3, 0.4) is 0 Å². The number of anilines is 1. The van der Waals surface area contributed by atoms with E-state index < -0.39 is 0 Å². The van der Waals surface area contributed by atoms with Crippen LogP contribution in [-0.2, 0) is 4.79 Å². The molecule has 5 heteroatoms. The molecule has 1 saturated heterocycles. The van der Waals surface area contributed by atoms with Crippen LogP contribution in [-0.4, -0.2) is 29.4 Å². The summed E-state index contributed by atoms with van der Waals surface area (Å²) in [4.78, 5) is 17.8. The lowest BCUT2D eigenvalue weighted by Crippen LogP contribution is -2.25. The molecule has 92 valence electrons. The van der Waals surface area contributed by atoms with Crippen LogP contribution in [0, 0.1) is 5.92 Å². The lowest BCUT2D eigenvalue weighted by Gasteiger charge is -2.15. The van der Waals surface area contributed by atoms with Gasteiger partial charge < -0.3 is 4.74 Å². The molecule has 1 atom stereocenters. The SMILES string of the molecule is CCOc1ccnc(N2CC(CBr)CC2=O)c1. The smallest absolute Gasteiger partial charge is 0.228 e. The maximum atomic E-state index is 11.8. The topological polar surface area (TPSA) is 42.4 Å². The number of hydrogen-bond donors (Lipinski definition) is 0.